The normalized spacial score (nSPS) is 15.5. The summed E-state index contributed by atoms with van der Waals surface area (Å²) in [7, 11) is 0.277. The molecule has 1 rings (SSSR count). The van der Waals surface area contributed by atoms with Gasteiger partial charge < -0.3 is 0 Å². The minimum Gasteiger partial charge on any atom is -0.295 e. The van der Waals surface area contributed by atoms with Gasteiger partial charge in [-0.3, -0.25) is 4.79 Å². The molecule has 0 aromatic rings. The van der Waals surface area contributed by atoms with Crippen LogP contribution in [-0.4, -0.2) is 24.3 Å². The van der Waals surface area contributed by atoms with E-state index in [1.54, 1.807) is 0 Å². The number of unbranched alkanes of at least 4 members (excludes halogenated alkanes) is 3. The van der Waals surface area contributed by atoms with Gasteiger partial charge in [0.15, 0.2) is 5.78 Å². The third-order valence-corrected chi connectivity index (χ3v) is 6.61. The fraction of sp³-hybridized carbons (Fsp3) is 0.824. The Labute approximate surface area is 121 Å². The number of allylic oxidation sites excluding steroid dienone is 2. The van der Waals surface area contributed by atoms with E-state index in [9.17, 15) is 4.79 Å². The Hall–Kier alpha value is -0.160. The maximum absolute atomic E-state index is 11.5. The van der Waals surface area contributed by atoms with Gasteiger partial charge in [-0.05, 0) is 63.1 Å². The molecular formula is C17H31OP. The highest BCUT2D eigenvalue weighted by atomic mass is 31.1. The molecule has 1 saturated carbocycles. The van der Waals surface area contributed by atoms with Crippen LogP contribution in [0.4, 0.5) is 0 Å². The molecule has 1 fully saturated rings. The van der Waals surface area contributed by atoms with Gasteiger partial charge in [0.2, 0.25) is 0 Å². The molecule has 0 bridgehead atoms. The maximum Gasteiger partial charge on any atom is 0.158 e. The van der Waals surface area contributed by atoms with E-state index < -0.39 is 0 Å². The Bertz CT molecular complexity index is 260. The van der Waals surface area contributed by atoms with E-state index in [1.165, 1.54) is 50.6 Å². The molecule has 0 spiro atoms. The summed E-state index contributed by atoms with van der Waals surface area (Å²) >= 11 is 0. The summed E-state index contributed by atoms with van der Waals surface area (Å²) in [6, 6.07) is 0. The van der Waals surface area contributed by atoms with Crippen LogP contribution in [0.15, 0.2) is 12.2 Å². The van der Waals surface area contributed by atoms with Crippen molar-refractivity contribution in [2.24, 2.45) is 5.92 Å². The van der Waals surface area contributed by atoms with Crippen LogP contribution in [0.5, 0.6) is 0 Å². The van der Waals surface area contributed by atoms with Crippen molar-refractivity contribution in [3.05, 3.63) is 12.2 Å². The number of carbonyl (C=O) groups excluding carboxylic acids is 1. The monoisotopic (exact) mass is 282 g/mol. The Balaban J connectivity index is 2.09. The van der Waals surface area contributed by atoms with E-state index in [2.05, 4.69) is 19.9 Å². The van der Waals surface area contributed by atoms with E-state index in [4.69, 9.17) is 0 Å². The molecule has 0 aliphatic heterocycles. The lowest BCUT2D eigenvalue weighted by Crippen LogP contribution is -1.96. The van der Waals surface area contributed by atoms with Crippen molar-refractivity contribution >= 4 is 13.7 Å². The van der Waals surface area contributed by atoms with Gasteiger partial charge in [-0.15, -0.1) is 7.92 Å². The molecule has 1 nitrogen and oxygen atoms in total. The lowest BCUT2D eigenvalue weighted by molar-refractivity contribution is -0.115. The predicted molar refractivity (Wildman–Crippen MR) is 87.4 cm³/mol. The second-order valence-electron chi connectivity index (χ2n) is 5.77. The molecule has 0 atom stereocenters. The van der Waals surface area contributed by atoms with E-state index in [0.717, 1.165) is 19.3 Å². The average Bonchev–Trinajstić information content (AvgIpc) is 3.24. The second kappa shape index (κ2) is 10.6. The molecule has 2 heteroatoms. The maximum atomic E-state index is 11.5. The van der Waals surface area contributed by atoms with Crippen molar-refractivity contribution < 1.29 is 4.79 Å². The first-order valence-corrected chi connectivity index (χ1v) is 10.1. The summed E-state index contributed by atoms with van der Waals surface area (Å²) < 4.78 is 0. The highest BCUT2D eigenvalue weighted by Crippen LogP contribution is 2.38. The largest absolute Gasteiger partial charge is 0.295 e. The molecule has 0 aromatic heterocycles. The van der Waals surface area contributed by atoms with Crippen LogP contribution < -0.4 is 0 Å². The average molecular weight is 282 g/mol. The van der Waals surface area contributed by atoms with Gasteiger partial charge in [0, 0.05) is 5.92 Å². The fourth-order valence-electron chi connectivity index (χ4n) is 2.24. The molecule has 0 aromatic carbocycles. The highest BCUT2D eigenvalue weighted by molar-refractivity contribution is 7.57. The van der Waals surface area contributed by atoms with E-state index >= 15 is 0 Å². The number of hydrogen-bond donors (Lipinski definition) is 0. The lowest BCUT2D eigenvalue weighted by atomic mass is 10.2. The quantitative estimate of drug-likeness (QED) is 0.267. The van der Waals surface area contributed by atoms with Gasteiger partial charge in [0.1, 0.15) is 0 Å². The Morgan fingerprint density at radius 1 is 1.05 bits per heavy atom. The first-order valence-electron chi connectivity index (χ1n) is 8.20. The van der Waals surface area contributed by atoms with Crippen LogP contribution in [0, 0.1) is 5.92 Å². The summed E-state index contributed by atoms with van der Waals surface area (Å²) in [5.41, 5.74) is 0. The van der Waals surface area contributed by atoms with Crippen molar-refractivity contribution in [3.8, 4) is 0 Å². The summed E-state index contributed by atoms with van der Waals surface area (Å²) in [5.74, 6) is 0.765. The molecule has 110 valence electrons. The molecule has 0 amide bonds. The Kier molecular flexibility index (Phi) is 9.43. The zero-order valence-electron chi connectivity index (χ0n) is 12.9. The highest BCUT2D eigenvalue weighted by Gasteiger charge is 2.27. The van der Waals surface area contributed by atoms with E-state index in [-0.39, 0.29) is 7.92 Å². The minimum atomic E-state index is 0.277. The van der Waals surface area contributed by atoms with E-state index in [1.807, 2.05) is 6.08 Å². The van der Waals surface area contributed by atoms with Gasteiger partial charge in [0.05, 0.1) is 0 Å². The number of carbonyl (C=O) groups is 1. The van der Waals surface area contributed by atoms with Crippen LogP contribution in [0.3, 0.4) is 0 Å². The van der Waals surface area contributed by atoms with Crippen LogP contribution >= 0.6 is 7.92 Å². The molecule has 0 N–H and O–H groups in total. The number of rotatable bonds is 12. The van der Waals surface area contributed by atoms with Crippen molar-refractivity contribution in [2.45, 2.75) is 65.2 Å². The van der Waals surface area contributed by atoms with Crippen molar-refractivity contribution in [1.29, 1.82) is 0 Å². The lowest BCUT2D eigenvalue weighted by Gasteiger charge is -2.16. The van der Waals surface area contributed by atoms with Gasteiger partial charge in [-0.25, -0.2) is 0 Å². The minimum absolute atomic E-state index is 0.277. The summed E-state index contributed by atoms with van der Waals surface area (Å²) in [6.45, 7) is 4.58. The zero-order chi connectivity index (χ0) is 13.9. The first-order chi connectivity index (χ1) is 9.27. The number of hydrogen-bond acceptors (Lipinski definition) is 1. The van der Waals surface area contributed by atoms with Gasteiger partial charge in [0.25, 0.3) is 0 Å². The standard InChI is InChI=1S/C17H31OP/c1-3-5-13-19(14-6-4-2)15-9-7-8-10-17(18)16-11-12-16/h8,10,16H,3-7,9,11-15H2,1-2H3. The second-order valence-corrected chi connectivity index (χ2v) is 8.45. The predicted octanol–water partition coefficient (Wildman–Crippen LogP) is 5.38. The van der Waals surface area contributed by atoms with Crippen LogP contribution in [-0.2, 0) is 4.79 Å². The Morgan fingerprint density at radius 3 is 2.16 bits per heavy atom. The SMILES string of the molecule is CCCCP(CCCC)CCCC=CC(=O)C1CC1. The molecule has 1 aliphatic carbocycles. The third-order valence-electron chi connectivity index (χ3n) is 3.76. The van der Waals surface area contributed by atoms with Crippen LogP contribution in [0.25, 0.3) is 0 Å². The number of ketones is 1. The molecule has 0 radical (unpaired) electrons. The zero-order valence-corrected chi connectivity index (χ0v) is 13.8. The first kappa shape index (κ1) is 16.9. The van der Waals surface area contributed by atoms with E-state index in [0.29, 0.717) is 11.7 Å². The van der Waals surface area contributed by atoms with Gasteiger partial charge in [-0.1, -0.05) is 32.8 Å². The molecule has 0 saturated heterocycles. The molecule has 0 unspecified atom stereocenters. The Morgan fingerprint density at radius 2 is 1.63 bits per heavy atom. The molecule has 1 aliphatic rings. The summed E-state index contributed by atoms with van der Waals surface area (Å²) in [6.07, 6.45) is 18.4. The fourth-order valence-corrected chi connectivity index (χ4v) is 5.06. The third kappa shape index (κ3) is 8.58. The summed E-state index contributed by atoms with van der Waals surface area (Å²) in [5, 5.41) is 0. The van der Waals surface area contributed by atoms with Crippen molar-refractivity contribution in [1.82, 2.24) is 0 Å². The summed E-state index contributed by atoms with van der Waals surface area (Å²) in [4.78, 5) is 11.5. The van der Waals surface area contributed by atoms with Crippen molar-refractivity contribution in [3.63, 3.8) is 0 Å². The van der Waals surface area contributed by atoms with Crippen LogP contribution in [0.2, 0.25) is 0 Å². The van der Waals surface area contributed by atoms with Gasteiger partial charge >= 0.3 is 0 Å². The van der Waals surface area contributed by atoms with Crippen molar-refractivity contribution in [2.75, 3.05) is 18.5 Å². The van der Waals surface area contributed by atoms with Crippen LogP contribution in [0.1, 0.15) is 65.2 Å². The van der Waals surface area contributed by atoms with Gasteiger partial charge in [-0.2, -0.15) is 0 Å². The molecule has 0 heterocycles. The molecular weight excluding hydrogens is 251 g/mol. The smallest absolute Gasteiger partial charge is 0.158 e. The topological polar surface area (TPSA) is 17.1 Å². The molecule has 19 heavy (non-hydrogen) atoms.